The number of nitrogens with two attached hydrogens (primary N) is 1. The first-order valence-corrected chi connectivity index (χ1v) is 6.63. The molecule has 1 aromatic carbocycles. The van der Waals surface area contributed by atoms with Crippen LogP contribution in [0.25, 0.3) is 0 Å². The Bertz CT molecular complexity index is 481. The molecule has 1 atom stereocenters. The number of nitrogens with zero attached hydrogens (tertiary/aromatic N) is 2. The molecule has 1 heterocycles. The highest BCUT2D eigenvalue weighted by molar-refractivity contribution is 5.14. The smallest absolute Gasteiger partial charge is 0.0977 e. The van der Waals surface area contributed by atoms with Gasteiger partial charge in [0.15, 0.2) is 0 Å². The maximum absolute atomic E-state index is 5.83. The van der Waals surface area contributed by atoms with E-state index in [9.17, 15) is 0 Å². The van der Waals surface area contributed by atoms with Gasteiger partial charge in [-0.3, -0.25) is 4.68 Å². The summed E-state index contributed by atoms with van der Waals surface area (Å²) in [6.07, 6.45) is 5.75. The van der Waals surface area contributed by atoms with Crippen molar-refractivity contribution in [3.63, 3.8) is 0 Å². The van der Waals surface area contributed by atoms with Crippen molar-refractivity contribution in [3.8, 4) is 0 Å². The lowest BCUT2D eigenvalue weighted by atomic mass is 10.1. The van der Waals surface area contributed by atoms with Crippen LogP contribution in [-0.2, 0) is 18.2 Å². The van der Waals surface area contributed by atoms with Gasteiger partial charge in [-0.1, -0.05) is 30.3 Å². The second kappa shape index (κ2) is 7.07. The summed E-state index contributed by atoms with van der Waals surface area (Å²) in [6, 6.07) is 10.4. The molecule has 2 rings (SSSR count). The van der Waals surface area contributed by atoms with Crippen molar-refractivity contribution in [3.05, 3.63) is 53.9 Å². The van der Waals surface area contributed by atoms with E-state index >= 15 is 0 Å². The third-order valence-electron chi connectivity index (χ3n) is 3.08. The van der Waals surface area contributed by atoms with Gasteiger partial charge in [0.2, 0.25) is 0 Å². The number of hydrogen-bond acceptors (Lipinski definition) is 3. The number of ether oxygens (including phenoxy) is 1. The zero-order valence-electron chi connectivity index (χ0n) is 11.3. The number of benzene rings is 1. The van der Waals surface area contributed by atoms with Crippen LogP contribution in [0.1, 0.15) is 23.7 Å². The topological polar surface area (TPSA) is 53.1 Å². The standard InChI is InChI=1S/C15H21N3O/c1-18-12-14(11-17-18)15(10-16)19-9-5-8-13-6-3-2-4-7-13/h2-4,6-7,11-12,15H,5,8-10,16H2,1H3. The SMILES string of the molecule is Cn1cc(C(CN)OCCCc2ccccc2)cn1. The summed E-state index contributed by atoms with van der Waals surface area (Å²) in [4.78, 5) is 0. The average molecular weight is 259 g/mol. The zero-order valence-corrected chi connectivity index (χ0v) is 11.3. The quantitative estimate of drug-likeness (QED) is 0.774. The largest absolute Gasteiger partial charge is 0.372 e. The van der Waals surface area contributed by atoms with E-state index < -0.39 is 0 Å². The second-order valence-electron chi connectivity index (χ2n) is 4.63. The Labute approximate surface area is 114 Å². The predicted molar refractivity (Wildman–Crippen MR) is 75.7 cm³/mol. The lowest BCUT2D eigenvalue weighted by molar-refractivity contribution is 0.0570. The van der Waals surface area contributed by atoms with E-state index in [1.807, 2.05) is 25.5 Å². The maximum atomic E-state index is 5.83. The van der Waals surface area contributed by atoms with E-state index in [0.29, 0.717) is 13.2 Å². The average Bonchev–Trinajstić information content (AvgIpc) is 2.86. The number of aryl methyl sites for hydroxylation is 2. The fourth-order valence-corrected chi connectivity index (χ4v) is 2.05. The van der Waals surface area contributed by atoms with Crippen molar-refractivity contribution in [2.24, 2.45) is 12.8 Å². The molecular formula is C15H21N3O. The van der Waals surface area contributed by atoms with Crippen molar-refractivity contribution < 1.29 is 4.74 Å². The van der Waals surface area contributed by atoms with Gasteiger partial charge in [0.05, 0.1) is 12.3 Å². The first kappa shape index (κ1) is 13.8. The van der Waals surface area contributed by atoms with E-state index in [1.54, 1.807) is 4.68 Å². The van der Waals surface area contributed by atoms with Gasteiger partial charge in [-0.05, 0) is 18.4 Å². The molecule has 0 saturated carbocycles. The van der Waals surface area contributed by atoms with Crippen molar-refractivity contribution in [2.75, 3.05) is 13.2 Å². The molecule has 2 aromatic rings. The van der Waals surface area contributed by atoms with E-state index in [4.69, 9.17) is 10.5 Å². The Hall–Kier alpha value is -1.65. The van der Waals surface area contributed by atoms with Gasteiger partial charge in [-0.15, -0.1) is 0 Å². The monoisotopic (exact) mass is 259 g/mol. The van der Waals surface area contributed by atoms with Gasteiger partial charge in [-0.25, -0.2) is 0 Å². The highest BCUT2D eigenvalue weighted by Gasteiger charge is 2.11. The molecule has 2 N–H and O–H groups in total. The van der Waals surface area contributed by atoms with Crippen LogP contribution in [-0.4, -0.2) is 22.9 Å². The van der Waals surface area contributed by atoms with Crippen LogP contribution in [0.4, 0.5) is 0 Å². The summed E-state index contributed by atoms with van der Waals surface area (Å²) in [6.45, 7) is 1.20. The van der Waals surface area contributed by atoms with Gasteiger partial charge in [0, 0.05) is 32.0 Å². The number of hydrogen-bond donors (Lipinski definition) is 1. The van der Waals surface area contributed by atoms with E-state index in [-0.39, 0.29) is 6.10 Å². The summed E-state index contributed by atoms with van der Waals surface area (Å²) < 4.78 is 7.60. The van der Waals surface area contributed by atoms with E-state index in [2.05, 4.69) is 29.4 Å². The Kier molecular flexibility index (Phi) is 5.12. The minimum atomic E-state index is -0.0514. The molecule has 0 fully saturated rings. The fourth-order valence-electron chi connectivity index (χ4n) is 2.05. The summed E-state index contributed by atoms with van der Waals surface area (Å²) in [7, 11) is 1.90. The summed E-state index contributed by atoms with van der Waals surface area (Å²) in [5, 5.41) is 4.14. The number of rotatable bonds is 7. The minimum absolute atomic E-state index is 0.0514. The molecule has 1 aromatic heterocycles. The molecule has 0 aliphatic carbocycles. The highest BCUT2D eigenvalue weighted by Crippen LogP contribution is 2.15. The second-order valence-corrected chi connectivity index (χ2v) is 4.63. The fraction of sp³-hybridized carbons (Fsp3) is 0.400. The molecular weight excluding hydrogens is 238 g/mol. The van der Waals surface area contributed by atoms with Crippen molar-refractivity contribution in [1.29, 1.82) is 0 Å². The third kappa shape index (κ3) is 4.19. The molecule has 0 spiro atoms. The third-order valence-corrected chi connectivity index (χ3v) is 3.08. The highest BCUT2D eigenvalue weighted by atomic mass is 16.5. The predicted octanol–water partition coefficient (Wildman–Crippen LogP) is 2.07. The van der Waals surface area contributed by atoms with Crippen LogP contribution in [0.5, 0.6) is 0 Å². The van der Waals surface area contributed by atoms with Crippen LogP contribution in [0.15, 0.2) is 42.7 Å². The Morgan fingerprint density at radius 2 is 2.11 bits per heavy atom. The van der Waals surface area contributed by atoms with Crippen molar-refractivity contribution in [2.45, 2.75) is 18.9 Å². The molecule has 0 aliphatic heterocycles. The van der Waals surface area contributed by atoms with Crippen molar-refractivity contribution in [1.82, 2.24) is 9.78 Å². The van der Waals surface area contributed by atoms with Gasteiger partial charge in [0.25, 0.3) is 0 Å². The van der Waals surface area contributed by atoms with Gasteiger partial charge in [-0.2, -0.15) is 5.10 Å². The van der Waals surface area contributed by atoms with Crippen LogP contribution < -0.4 is 5.73 Å². The lowest BCUT2D eigenvalue weighted by Gasteiger charge is -2.14. The maximum Gasteiger partial charge on any atom is 0.0977 e. The number of aromatic nitrogens is 2. The molecule has 0 radical (unpaired) electrons. The minimum Gasteiger partial charge on any atom is -0.372 e. The Morgan fingerprint density at radius 1 is 1.32 bits per heavy atom. The normalized spacial score (nSPS) is 12.5. The molecule has 0 saturated heterocycles. The Morgan fingerprint density at radius 3 is 2.74 bits per heavy atom. The molecule has 4 heteroatoms. The van der Waals surface area contributed by atoms with Gasteiger partial charge in [0.1, 0.15) is 0 Å². The molecule has 4 nitrogen and oxygen atoms in total. The van der Waals surface area contributed by atoms with Crippen LogP contribution in [0.2, 0.25) is 0 Å². The molecule has 0 amide bonds. The van der Waals surface area contributed by atoms with Crippen LogP contribution >= 0.6 is 0 Å². The van der Waals surface area contributed by atoms with Gasteiger partial charge < -0.3 is 10.5 Å². The van der Waals surface area contributed by atoms with Crippen LogP contribution in [0, 0.1) is 0 Å². The first-order valence-electron chi connectivity index (χ1n) is 6.63. The van der Waals surface area contributed by atoms with Crippen LogP contribution in [0.3, 0.4) is 0 Å². The van der Waals surface area contributed by atoms with E-state index in [0.717, 1.165) is 18.4 Å². The molecule has 102 valence electrons. The molecule has 0 aliphatic rings. The zero-order chi connectivity index (χ0) is 13.5. The Balaban J connectivity index is 1.75. The summed E-state index contributed by atoms with van der Waals surface area (Å²) in [5.74, 6) is 0. The molecule has 0 bridgehead atoms. The van der Waals surface area contributed by atoms with Gasteiger partial charge >= 0.3 is 0 Å². The summed E-state index contributed by atoms with van der Waals surface area (Å²) in [5.41, 5.74) is 8.14. The van der Waals surface area contributed by atoms with Crippen molar-refractivity contribution >= 4 is 0 Å². The first-order chi connectivity index (χ1) is 9.29. The van der Waals surface area contributed by atoms with E-state index in [1.165, 1.54) is 5.56 Å². The molecule has 1 unspecified atom stereocenters. The summed E-state index contributed by atoms with van der Waals surface area (Å²) >= 11 is 0. The lowest BCUT2D eigenvalue weighted by Crippen LogP contribution is -2.16. The molecule has 19 heavy (non-hydrogen) atoms.